The lowest BCUT2D eigenvalue weighted by molar-refractivity contribution is -0.140. The molecule has 0 N–H and O–H groups in total. The molecular formula is C24H27F2N3O2. The number of amides is 1. The summed E-state index contributed by atoms with van der Waals surface area (Å²) < 4.78 is 27.5. The number of rotatable bonds is 7. The van der Waals surface area contributed by atoms with E-state index >= 15 is 0 Å². The Hall–Kier alpha value is -2.96. The van der Waals surface area contributed by atoms with Crippen LogP contribution in [0.4, 0.5) is 14.5 Å². The Kier molecular flexibility index (Phi) is 6.20. The standard InChI is InChI=1S/C24H27F2N3O2/c1-28(2)20-10-7-16(8-11-20)23-13-21(31-27-23)15-29(24(30)17-4-3-5-17)14-18-6-9-19(25)12-22(18)26/h6-12,17,21H,3-5,13-15H2,1-2H3. The van der Waals surface area contributed by atoms with Crippen LogP contribution in [0.1, 0.15) is 36.8 Å². The molecule has 0 saturated heterocycles. The molecular weight excluding hydrogens is 400 g/mol. The molecule has 1 heterocycles. The monoisotopic (exact) mass is 427 g/mol. The topological polar surface area (TPSA) is 45.1 Å². The molecule has 1 aliphatic carbocycles. The molecule has 31 heavy (non-hydrogen) atoms. The third-order valence-electron chi connectivity index (χ3n) is 6.02. The van der Waals surface area contributed by atoms with Gasteiger partial charge in [-0.05, 0) is 36.6 Å². The van der Waals surface area contributed by atoms with Crippen LogP contribution in [0.2, 0.25) is 0 Å². The fraction of sp³-hybridized carbons (Fsp3) is 0.417. The van der Waals surface area contributed by atoms with Crippen molar-refractivity contribution < 1.29 is 18.4 Å². The van der Waals surface area contributed by atoms with Crippen LogP contribution in [0.3, 0.4) is 0 Å². The highest BCUT2D eigenvalue weighted by molar-refractivity contribution is 6.01. The molecule has 1 amide bonds. The zero-order valence-corrected chi connectivity index (χ0v) is 17.9. The lowest BCUT2D eigenvalue weighted by Crippen LogP contribution is -2.42. The summed E-state index contributed by atoms with van der Waals surface area (Å²) in [6.45, 7) is 0.406. The number of hydrogen-bond acceptors (Lipinski definition) is 4. The molecule has 2 aromatic carbocycles. The number of benzene rings is 2. The van der Waals surface area contributed by atoms with E-state index in [1.54, 1.807) is 4.90 Å². The maximum atomic E-state index is 14.2. The van der Waals surface area contributed by atoms with Gasteiger partial charge in [-0.3, -0.25) is 4.79 Å². The normalized spacial score (nSPS) is 18.2. The van der Waals surface area contributed by atoms with Gasteiger partial charge in [0.1, 0.15) is 11.6 Å². The largest absolute Gasteiger partial charge is 0.390 e. The fourth-order valence-corrected chi connectivity index (χ4v) is 3.90. The van der Waals surface area contributed by atoms with Crippen LogP contribution in [0.5, 0.6) is 0 Å². The van der Waals surface area contributed by atoms with Crippen LogP contribution in [0.15, 0.2) is 47.6 Å². The highest BCUT2D eigenvalue weighted by atomic mass is 19.1. The minimum absolute atomic E-state index is 0.00219. The van der Waals surface area contributed by atoms with Crippen LogP contribution in [-0.2, 0) is 16.2 Å². The van der Waals surface area contributed by atoms with Crippen molar-refractivity contribution in [2.75, 3.05) is 25.5 Å². The Bertz CT molecular complexity index is 971. The molecule has 0 bridgehead atoms. The predicted molar refractivity (Wildman–Crippen MR) is 116 cm³/mol. The molecule has 1 unspecified atom stereocenters. The smallest absolute Gasteiger partial charge is 0.226 e. The van der Waals surface area contributed by atoms with Gasteiger partial charge in [-0.2, -0.15) is 0 Å². The molecule has 0 spiro atoms. The summed E-state index contributed by atoms with van der Waals surface area (Å²) in [7, 11) is 3.97. The van der Waals surface area contributed by atoms with Gasteiger partial charge in [-0.25, -0.2) is 8.78 Å². The molecule has 2 aromatic rings. The van der Waals surface area contributed by atoms with Crippen molar-refractivity contribution in [1.29, 1.82) is 0 Å². The Morgan fingerprint density at radius 3 is 2.48 bits per heavy atom. The summed E-state index contributed by atoms with van der Waals surface area (Å²) in [5, 5.41) is 4.23. The second-order valence-corrected chi connectivity index (χ2v) is 8.49. The van der Waals surface area contributed by atoms with Crippen molar-refractivity contribution in [3.05, 3.63) is 65.2 Å². The first kappa shape index (κ1) is 21.3. The predicted octanol–water partition coefficient (Wildman–Crippen LogP) is 4.35. The van der Waals surface area contributed by atoms with Gasteiger partial charge in [0.15, 0.2) is 6.10 Å². The van der Waals surface area contributed by atoms with Gasteiger partial charge in [0.2, 0.25) is 5.91 Å². The molecule has 2 aliphatic rings. The molecule has 164 valence electrons. The molecule has 0 radical (unpaired) electrons. The van der Waals surface area contributed by atoms with Crippen molar-refractivity contribution in [3.63, 3.8) is 0 Å². The van der Waals surface area contributed by atoms with Crippen molar-refractivity contribution in [2.24, 2.45) is 11.1 Å². The molecule has 4 rings (SSSR count). The summed E-state index contributed by atoms with van der Waals surface area (Å²) in [4.78, 5) is 22.3. The van der Waals surface area contributed by atoms with Crippen molar-refractivity contribution in [2.45, 2.75) is 38.3 Å². The molecule has 1 saturated carbocycles. The minimum Gasteiger partial charge on any atom is -0.390 e. The maximum Gasteiger partial charge on any atom is 0.226 e. The minimum atomic E-state index is -0.642. The summed E-state index contributed by atoms with van der Waals surface area (Å²) in [6.07, 6.45) is 3.02. The van der Waals surface area contributed by atoms with Crippen LogP contribution < -0.4 is 4.90 Å². The second-order valence-electron chi connectivity index (χ2n) is 8.49. The van der Waals surface area contributed by atoms with E-state index in [1.807, 2.05) is 43.3 Å². The number of oxime groups is 1. The highest BCUT2D eigenvalue weighted by Crippen LogP contribution is 2.30. The van der Waals surface area contributed by atoms with Crippen molar-refractivity contribution in [1.82, 2.24) is 4.90 Å². The Balaban J connectivity index is 1.44. The first-order valence-electron chi connectivity index (χ1n) is 10.6. The van der Waals surface area contributed by atoms with E-state index in [0.29, 0.717) is 18.5 Å². The number of hydrogen-bond donors (Lipinski definition) is 0. The average molecular weight is 427 g/mol. The summed E-state index contributed by atoms with van der Waals surface area (Å²) in [6, 6.07) is 11.5. The number of nitrogens with zero attached hydrogens (tertiary/aromatic N) is 3. The zero-order chi connectivity index (χ0) is 22.0. The second kappa shape index (κ2) is 9.04. The number of anilines is 1. The molecule has 1 atom stereocenters. The van der Waals surface area contributed by atoms with Crippen LogP contribution >= 0.6 is 0 Å². The summed E-state index contributed by atoms with van der Waals surface area (Å²) in [5.41, 5.74) is 3.21. The van der Waals surface area contributed by atoms with Gasteiger partial charge in [-0.15, -0.1) is 0 Å². The molecule has 1 aliphatic heterocycles. The molecule has 1 fully saturated rings. The van der Waals surface area contributed by atoms with Crippen molar-refractivity contribution >= 4 is 17.3 Å². The van der Waals surface area contributed by atoms with Gasteiger partial charge < -0.3 is 14.6 Å². The highest BCUT2D eigenvalue weighted by Gasteiger charge is 2.33. The molecule has 5 nitrogen and oxygen atoms in total. The van der Waals surface area contributed by atoms with E-state index in [9.17, 15) is 13.6 Å². The maximum absolute atomic E-state index is 14.2. The summed E-state index contributed by atoms with van der Waals surface area (Å²) in [5.74, 6) is -1.29. The summed E-state index contributed by atoms with van der Waals surface area (Å²) >= 11 is 0. The van der Waals surface area contributed by atoms with Gasteiger partial charge in [0.05, 0.1) is 12.3 Å². The van der Waals surface area contributed by atoms with E-state index in [2.05, 4.69) is 5.16 Å². The third-order valence-corrected chi connectivity index (χ3v) is 6.02. The fourth-order valence-electron chi connectivity index (χ4n) is 3.90. The van der Waals surface area contributed by atoms with Gasteiger partial charge in [0.25, 0.3) is 0 Å². The first-order chi connectivity index (χ1) is 14.9. The van der Waals surface area contributed by atoms with Gasteiger partial charge >= 0.3 is 0 Å². The lowest BCUT2D eigenvalue weighted by atomic mass is 9.84. The van der Waals surface area contributed by atoms with Crippen molar-refractivity contribution in [3.8, 4) is 0 Å². The van der Waals surface area contributed by atoms with Crippen LogP contribution in [-0.4, -0.2) is 43.3 Å². The Morgan fingerprint density at radius 2 is 1.87 bits per heavy atom. The average Bonchev–Trinajstić information content (AvgIpc) is 3.16. The van der Waals surface area contributed by atoms with E-state index < -0.39 is 11.6 Å². The Labute approximate surface area is 181 Å². The third kappa shape index (κ3) is 4.86. The SMILES string of the molecule is CN(C)c1ccc(C2=NOC(CN(Cc3ccc(F)cc3F)C(=O)C3CCC3)C2)cc1. The number of carbonyl (C=O) groups excluding carboxylic acids is 1. The Morgan fingerprint density at radius 1 is 1.13 bits per heavy atom. The van der Waals surface area contributed by atoms with Crippen LogP contribution in [0, 0.1) is 17.6 Å². The first-order valence-corrected chi connectivity index (χ1v) is 10.6. The van der Waals surface area contributed by atoms with E-state index in [4.69, 9.17) is 4.84 Å². The van der Waals surface area contributed by atoms with Crippen LogP contribution in [0.25, 0.3) is 0 Å². The number of halogens is 2. The quantitative estimate of drug-likeness (QED) is 0.660. The molecule has 7 heteroatoms. The zero-order valence-electron chi connectivity index (χ0n) is 17.9. The van der Waals surface area contributed by atoms with Gasteiger partial charge in [-0.1, -0.05) is 29.8 Å². The molecule has 0 aromatic heterocycles. The van der Waals surface area contributed by atoms with E-state index in [-0.39, 0.29) is 24.5 Å². The van der Waals surface area contributed by atoms with E-state index in [1.165, 1.54) is 12.1 Å². The van der Waals surface area contributed by atoms with Gasteiger partial charge in [0, 0.05) is 50.3 Å². The van der Waals surface area contributed by atoms with E-state index in [0.717, 1.165) is 42.3 Å². The lowest BCUT2D eigenvalue weighted by Gasteiger charge is -2.32. The number of carbonyl (C=O) groups is 1.